The zero-order valence-electron chi connectivity index (χ0n) is 6.38. The Bertz CT molecular complexity index is 220. The third kappa shape index (κ3) is 2.83. The van der Waals surface area contributed by atoms with E-state index in [0.29, 0.717) is 5.57 Å². The topological polar surface area (TPSA) is 44.0 Å². The third-order valence-electron chi connectivity index (χ3n) is 1.35. The second-order valence-electron chi connectivity index (χ2n) is 1.95. The van der Waals surface area contributed by atoms with E-state index < -0.39 is 0 Å². The summed E-state index contributed by atoms with van der Waals surface area (Å²) < 4.78 is 0. The summed E-state index contributed by atoms with van der Waals surface area (Å²) in [5.41, 5.74) is 1.41. The maximum Gasteiger partial charge on any atom is 0.0684 e. The normalized spacial score (nSPS) is 11.3. The van der Waals surface area contributed by atoms with Crippen LogP contribution in [0.15, 0.2) is 36.5 Å². The zero-order chi connectivity index (χ0) is 8.69. The molecular formula is C9H11NO. The van der Waals surface area contributed by atoms with Gasteiger partial charge >= 0.3 is 0 Å². The van der Waals surface area contributed by atoms with Gasteiger partial charge in [-0.1, -0.05) is 25.3 Å². The van der Waals surface area contributed by atoms with Crippen LogP contribution in [0.5, 0.6) is 0 Å². The maximum absolute atomic E-state index is 8.77. The molecule has 0 rings (SSSR count). The van der Waals surface area contributed by atoms with Crippen molar-refractivity contribution >= 4 is 0 Å². The van der Waals surface area contributed by atoms with Crippen LogP contribution in [0.2, 0.25) is 0 Å². The number of hydrogen-bond donors (Lipinski definition) is 1. The molecular weight excluding hydrogens is 138 g/mol. The average molecular weight is 149 g/mol. The number of aliphatic hydroxyl groups is 1. The number of aliphatic hydroxyl groups excluding tert-OH is 1. The Morgan fingerprint density at radius 1 is 1.36 bits per heavy atom. The summed E-state index contributed by atoms with van der Waals surface area (Å²) in [6, 6.07) is 1.98. The monoisotopic (exact) mass is 149 g/mol. The predicted molar refractivity (Wildman–Crippen MR) is 44.7 cm³/mol. The van der Waals surface area contributed by atoms with E-state index in [1.807, 2.05) is 6.07 Å². The number of nitrogens with zero attached hydrogens (tertiary/aromatic N) is 1. The van der Waals surface area contributed by atoms with Crippen LogP contribution in [0.25, 0.3) is 0 Å². The molecule has 0 heterocycles. The molecule has 2 heteroatoms. The van der Waals surface area contributed by atoms with Crippen molar-refractivity contribution in [3.8, 4) is 6.07 Å². The first-order chi connectivity index (χ1) is 5.29. The minimum atomic E-state index is -0.0907. The van der Waals surface area contributed by atoms with Crippen LogP contribution in [0, 0.1) is 11.3 Å². The fraction of sp³-hybridized carbons (Fsp3) is 0.222. The van der Waals surface area contributed by atoms with E-state index in [1.165, 1.54) is 6.08 Å². The number of hydrogen-bond acceptors (Lipinski definition) is 2. The van der Waals surface area contributed by atoms with Gasteiger partial charge in [0.05, 0.1) is 19.1 Å². The van der Waals surface area contributed by atoms with Crippen molar-refractivity contribution in [2.24, 2.45) is 0 Å². The molecule has 0 bridgehead atoms. The summed E-state index contributed by atoms with van der Waals surface area (Å²) in [7, 11) is 0. The Labute approximate surface area is 66.8 Å². The Kier molecular flexibility index (Phi) is 4.80. The lowest BCUT2D eigenvalue weighted by Crippen LogP contribution is -1.91. The number of rotatable bonds is 4. The molecule has 0 aliphatic rings. The lowest BCUT2D eigenvalue weighted by atomic mass is 10.1. The summed E-state index contributed by atoms with van der Waals surface area (Å²) >= 11 is 0. The molecule has 0 aromatic heterocycles. The van der Waals surface area contributed by atoms with Crippen LogP contribution in [0.3, 0.4) is 0 Å². The molecule has 0 aromatic carbocycles. The van der Waals surface area contributed by atoms with Crippen molar-refractivity contribution in [1.29, 1.82) is 5.26 Å². The predicted octanol–water partition coefficient (Wildman–Crippen LogP) is 1.56. The molecule has 0 spiro atoms. The fourth-order valence-corrected chi connectivity index (χ4v) is 0.699. The SMILES string of the molecule is C=C/C(CO)=C(\C=C)CC#N. The Hall–Kier alpha value is -1.33. The summed E-state index contributed by atoms with van der Waals surface area (Å²) in [6.07, 6.45) is 3.37. The first-order valence-corrected chi connectivity index (χ1v) is 3.24. The van der Waals surface area contributed by atoms with Gasteiger partial charge in [-0.3, -0.25) is 0 Å². The molecule has 58 valence electrons. The highest BCUT2D eigenvalue weighted by Crippen LogP contribution is 2.09. The fourth-order valence-electron chi connectivity index (χ4n) is 0.699. The van der Waals surface area contributed by atoms with Crippen LogP contribution in [0.4, 0.5) is 0 Å². The average Bonchev–Trinajstić information content (AvgIpc) is 2.05. The largest absolute Gasteiger partial charge is 0.392 e. The number of nitriles is 1. The quantitative estimate of drug-likeness (QED) is 0.616. The summed E-state index contributed by atoms with van der Waals surface area (Å²) in [6.45, 7) is 6.95. The molecule has 0 fully saturated rings. The van der Waals surface area contributed by atoms with E-state index in [9.17, 15) is 0 Å². The second kappa shape index (κ2) is 5.45. The highest BCUT2D eigenvalue weighted by atomic mass is 16.3. The van der Waals surface area contributed by atoms with Crippen molar-refractivity contribution in [1.82, 2.24) is 0 Å². The van der Waals surface area contributed by atoms with E-state index in [0.717, 1.165) is 5.57 Å². The van der Waals surface area contributed by atoms with Crippen LogP contribution >= 0.6 is 0 Å². The molecule has 11 heavy (non-hydrogen) atoms. The Morgan fingerprint density at radius 3 is 2.18 bits per heavy atom. The van der Waals surface area contributed by atoms with Crippen molar-refractivity contribution in [2.45, 2.75) is 6.42 Å². The Morgan fingerprint density at radius 2 is 1.91 bits per heavy atom. The van der Waals surface area contributed by atoms with Gasteiger partial charge in [0, 0.05) is 0 Å². The zero-order valence-corrected chi connectivity index (χ0v) is 6.38. The molecule has 1 N–H and O–H groups in total. The highest BCUT2D eigenvalue weighted by Gasteiger charge is 1.97. The smallest absolute Gasteiger partial charge is 0.0684 e. The van der Waals surface area contributed by atoms with Gasteiger partial charge < -0.3 is 5.11 Å². The molecule has 0 saturated carbocycles. The molecule has 0 unspecified atom stereocenters. The standard InChI is InChI=1S/C9H11NO/c1-3-8(5-6-10)9(4-2)7-11/h3-4,11H,1-2,5,7H2/b9-8-. The van der Waals surface area contributed by atoms with Crippen molar-refractivity contribution in [3.63, 3.8) is 0 Å². The van der Waals surface area contributed by atoms with Crippen LogP contribution in [0.1, 0.15) is 6.42 Å². The number of allylic oxidation sites excluding steroid dienone is 2. The van der Waals surface area contributed by atoms with Crippen LogP contribution < -0.4 is 0 Å². The highest BCUT2D eigenvalue weighted by molar-refractivity contribution is 5.33. The van der Waals surface area contributed by atoms with E-state index in [2.05, 4.69) is 13.2 Å². The van der Waals surface area contributed by atoms with Gasteiger partial charge in [0.1, 0.15) is 0 Å². The van der Waals surface area contributed by atoms with E-state index in [4.69, 9.17) is 10.4 Å². The second-order valence-corrected chi connectivity index (χ2v) is 1.95. The molecule has 0 radical (unpaired) electrons. The third-order valence-corrected chi connectivity index (χ3v) is 1.35. The van der Waals surface area contributed by atoms with Gasteiger partial charge in [-0.05, 0) is 11.1 Å². The van der Waals surface area contributed by atoms with Gasteiger partial charge in [-0.25, -0.2) is 0 Å². The van der Waals surface area contributed by atoms with Crippen molar-refractivity contribution in [2.75, 3.05) is 6.61 Å². The Balaban J connectivity index is 4.64. The van der Waals surface area contributed by atoms with Crippen molar-refractivity contribution in [3.05, 3.63) is 36.5 Å². The van der Waals surface area contributed by atoms with Gasteiger partial charge in [-0.2, -0.15) is 5.26 Å². The molecule has 2 nitrogen and oxygen atoms in total. The molecule has 0 saturated heterocycles. The van der Waals surface area contributed by atoms with Gasteiger partial charge in [0.15, 0.2) is 0 Å². The minimum Gasteiger partial charge on any atom is -0.392 e. The van der Waals surface area contributed by atoms with Gasteiger partial charge in [0.2, 0.25) is 0 Å². The van der Waals surface area contributed by atoms with Gasteiger partial charge in [0.25, 0.3) is 0 Å². The molecule has 0 aliphatic carbocycles. The van der Waals surface area contributed by atoms with Crippen LogP contribution in [-0.4, -0.2) is 11.7 Å². The van der Waals surface area contributed by atoms with E-state index >= 15 is 0 Å². The maximum atomic E-state index is 8.77. The first-order valence-electron chi connectivity index (χ1n) is 3.24. The summed E-state index contributed by atoms with van der Waals surface area (Å²) in [5, 5.41) is 17.1. The molecule has 0 aliphatic heterocycles. The van der Waals surface area contributed by atoms with Gasteiger partial charge in [-0.15, -0.1) is 0 Å². The van der Waals surface area contributed by atoms with E-state index in [1.54, 1.807) is 6.08 Å². The molecule has 0 amide bonds. The van der Waals surface area contributed by atoms with E-state index in [-0.39, 0.29) is 13.0 Å². The summed E-state index contributed by atoms with van der Waals surface area (Å²) in [5.74, 6) is 0. The summed E-state index contributed by atoms with van der Waals surface area (Å²) in [4.78, 5) is 0. The minimum absolute atomic E-state index is 0.0907. The lowest BCUT2D eigenvalue weighted by molar-refractivity contribution is 0.334. The van der Waals surface area contributed by atoms with Crippen LogP contribution in [-0.2, 0) is 0 Å². The molecule has 0 aromatic rings. The van der Waals surface area contributed by atoms with Crippen molar-refractivity contribution < 1.29 is 5.11 Å². The first kappa shape index (κ1) is 9.67. The molecule has 0 atom stereocenters. The lowest BCUT2D eigenvalue weighted by Gasteiger charge is -2.00.